The van der Waals surface area contributed by atoms with Crippen molar-refractivity contribution in [3.8, 4) is 11.1 Å². The number of aromatic nitrogens is 4. The second-order valence-electron chi connectivity index (χ2n) is 9.85. The maximum Gasteiger partial charge on any atom is 0.231 e. The van der Waals surface area contributed by atoms with Gasteiger partial charge >= 0.3 is 0 Å². The van der Waals surface area contributed by atoms with E-state index in [1.165, 1.54) is 0 Å². The van der Waals surface area contributed by atoms with Crippen LogP contribution in [0.5, 0.6) is 0 Å². The number of carbonyl (C=O) groups excluding carboxylic acids is 1. The minimum atomic E-state index is -1.08. The number of H-pyrrole nitrogens is 1. The van der Waals surface area contributed by atoms with Crippen LogP contribution in [0.15, 0.2) is 30.6 Å². The number of halogens is 3. The van der Waals surface area contributed by atoms with E-state index >= 15 is 4.39 Å². The number of nitrogens with zero attached hydrogens (tertiary/aromatic N) is 4. The zero-order chi connectivity index (χ0) is 25.1. The number of rotatable bonds is 5. The second kappa shape index (κ2) is 8.70. The lowest BCUT2D eigenvalue weighted by atomic mass is 9.90. The van der Waals surface area contributed by atoms with Gasteiger partial charge in [-0.15, -0.1) is 0 Å². The second-order valence-corrected chi connectivity index (χ2v) is 10.2. The van der Waals surface area contributed by atoms with Gasteiger partial charge in [-0.3, -0.25) is 9.89 Å². The summed E-state index contributed by atoms with van der Waals surface area (Å²) in [6.45, 7) is 0. The number of alkyl halides is 1. The standard InChI is InChI=1S/C25H26ClF2N7O/c1-34(14-4-2-13(29)3-5-14)24-22(28)21(26)20(17-11-30-32-23(17)24)12-6-7-35-15(8-12)9-19(33-35)31-25(36)16-10-18(16)27/h6-9,11,13-14,16,18H,2-5,10,29H2,1H3,(H,30,32)(H,31,33,36). The Labute approximate surface area is 210 Å². The zero-order valence-electron chi connectivity index (χ0n) is 19.6. The van der Waals surface area contributed by atoms with Gasteiger partial charge in [-0.05, 0) is 49.8 Å². The first-order valence-electron chi connectivity index (χ1n) is 12.1. The number of fused-ring (bicyclic) bond motifs is 2. The fourth-order valence-electron chi connectivity index (χ4n) is 5.25. The Hall–Kier alpha value is -3.24. The molecule has 2 unspecified atom stereocenters. The van der Waals surface area contributed by atoms with Crippen LogP contribution in [0.2, 0.25) is 5.02 Å². The molecular weight excluding hydrogens is 488 g/mol. The van der Waals surface area contributed by atoms with Crippen molar-refractivity contribution in [1.82, 2.24) is 19.8 Å². The first-order chi connectivity index (χ1) is 17.3. The van der Waals surface area contributed by atoms with Crippen LogP contribution in [0.3, 0.4) is 0 Å². The summed E-state index contributed by atoms with van der Waals surface area (Å²) in [5, 5.41) is 14.9. The topological polar surface area (TPSA) is 104 Å². The maximum absolute atomic E-state index is 15.9. The molecule has 4 N–H and O–H groups in total. The summed E-state index contributed by atoms with van der Waals surface area (Å²) < 4.78 is 30.7. The summed E-state index contributed by atoms with van der Waals surface area (Å²) in [5.41, 5.74) is 8.91. The van der Waals surface area contributed by atoms with Gasteiger partial charge in [0, 0.05) is 42.3 Å². The number of nitrogens with two attached hydrogens (primary N) is 1. The highest BCUT2D eigenvalue weighted by Crippen LogP contribution is 2.44. The number of anilines is 2. The molecule has 11 heteroatoms. The number of hydrogen-bond acceptors (Lipinski definition) is 5. The lowest BCUT2D eigenvalue weighted by Crippen LogP contribution is -2.39. The van der Waals surface area contributed by atoms with Gasteiger partial charge in [-0.25, -0.2) is 13.3 Å². The zero-order valence-corrected chi connectivity index (χ0v) is 20.4. The fourth-order valence-corrected chi connectivity index (χ4v) is 5.55. The first kappa shape index (κ1) is 23.2. The SMILES string of the molecule is CN(c1c(F)c(Cl)c(-c2ccn3nc(NC(=O)C4CC4F)cc3c2)c2cn[nH]c12)C1CCC(N)CC1. The molecule has 2 aliphatic rings. The van der Waals surface area contributed by atoms with E-state index in [0.717, 1.165) is 25.7 Å². The van der Waals surface area contributed by atoms with Crippen molar-refractivity contribution in [2.24, 2.45) is 11.7 Å². The molecule has 188 valence electrons. The Morgan fingerprint density at radius 2 is 2.06 bits per heavy atom. The molecule has 0 spiro atoms. The molecule has 0 radical (unpaired) electrons. The molecule has 8 nitrogen and oxygen atoms in total. The Kier molecular flexibility index (Phi) is 5.60. The number of hydrogen-bond donors (Lipinski definition) is 3. The van der Waals surface area contributed by atoms with Gasteiger partial charge in [0.05, 0.1) is 28.2 Å². The summed E-state index contributed by atoms with van der Waals surface area (Å²) in [6, 6.07) is 5.64. The van der Waals surface area contributed by atoms with Gasteiger partial charge in [0.25, 0.3) is 0 Å². The molecule has 2 aliphatic carbocycles. The maximum atomic E-state index is 15.9. The third-order valence-electron chi connectivity index (χ3n) is 7.46. The van der Waals surface area contributed by atoms with Crippen molar-refractivity contribution in [2.45, 2.75) is 50.4 Å². The summed E-state index contributed by atoms with van der Waals surface area (Å²) in [6.07, 6.45) is 6.09. The number of nitrogens with one attached hydrogen (secondary N) is 2. The van der Waals surface area contributed by atoms with Crippen LogP contribution in [0, 0.1) is 11.7 Å². The molecule has 0 aliphatic heterocycles. The van der Waals surface area contributed by atoms with Crippen LogP contribution in [0.4, 0.5) is 20.3 Å². The number of benzene rings is 1. The molecule has 3 aromatic heterocycles. The van der Waals surface area contributed by atoms with Crippen LogP contribution in [0.25, 0.3) is 27.5 Å². The summed E-state index contributed by atoms with van der Waals surface area (Å²) in [7, 11) is 1.89. The van der Waals surface area contributed by atoms with Crippen LogP contribution in [0.1, 0.15) is 32.1 Å². The molecule has 6 rings (SSSR count). The summed E-state index contributed by atoms with van der Waals surface area (Å²) >= 11 is 6.68. The van der Waals surface area contributed by atoms with E-state index in [2.05, 4.69) is 20.6 Å². The predicted molar refractivity (Wildman–Crippen MR) is 136 cm³/mol. The molecular formula is C25H26ClF2N7O. The monoisotopic (exact) mass is 513 g/mol. The van der Waals surface area contributed by atoms with Crippen LogP contribution in [-0.2, 0) is 4.79 Å². The summed E-state index contributed by atoms with van der Waals surface area (Å²) in [5.74, 6) is -1.17. The predicted octanol–water partition coefficient (Wildman–Crippen LogP) is 4.67. The fraction of sp³-hybridized carbons (Fsp3) is 0.400. The molecule has 1 aromatic carbocycles. The molecule has 4 aromatic rings. The minimum Gasteiger partial charge on any atom is -0.367 e. The Bertz CT molecular complexity index is 1480. The normalized spacial score (nSPS) is 23.8. The van der Waals surface area contributed by atoms with Crippen LogP contribution >= 0.6 is 11.6 Å². The highest BCUT2D eigenvalue weighted by atomic mass is 35.5. The van der Waals surface area contributed by atoms with E-state index in [9.17, 15) is 9.18 Å². The highest BCUT2D eigenvalue weighted by molar-refractivity contribution is 6.36. The smallest absolute Gasteiger partial charge is 0.231 e. The van der Waals surface area contributed by atoms with Gasteiger partial charge in [-0.2, -0.15) is 10.2 Å². The van der Waals surface area contributed by atoms with E-state index in [0.29, 0.717) is 39.1 Å². The Balaban J connectivity index is 1.37. The highest BCUT2D eigenvalue weighted by Gasteiger charge is 2.43. The molecule has 1 amide bonds. The lowest BCUT2D eigenvalue weighted by Gasteiger charge is -2.35. The van der Waals surface area contributed by atoms with Crippen molar-refractivity contribution < 1.29 is 13.6 Å². The number of aromatic amines is 1. The van der Waals surface area contributed by atoms with Crippen molar-refractivity contribution in [3.05, 3.63) is 41.4 Å². The quantitative estimate of drug-likeness (QED) is 0.359. The Morgan fingerprint density at radius 3 is 2.78 bits per heavy atom. The lowest BCUT2D eigenvalue weighted by molar-refractivity contribution is -0.117. The van der Waals surface area contributed by atoms with E-state index in [-0.39, 0.29) is 29.4 Å². The third kappa shape index (κ3) is 3.88. The number of amides is 1. The molecule has 2 saturated carbocycles. The van der Waals surface area contributed by atoms with Gasteiger partial charge < -0.3 is 16.0 Å². The average molecular weight is 514 g/mol. The first-order valence-corrected chi connectivity index (χ1v) is 12.5. The molecule has 36 heavy (non-hydrogen) atoms. The van der Waals surface area contributed by atoms with E-state index in [1.54, 1.807) is 29.0 Å². The van der Waals surface area contributed by atoms with E-state index < -0.39 is 17.9 Å². The molecule has 3 heterocycles. The van der Waals surface area contributed by atoms with Crippen molar-refractivity contribution >= 4 is 45.4 Å². The largest absolute Gasteiger partial charge is 0.367 e. The number of carbonyl (C=O) groups is 1. The van der Waals surface area contributed by atoms with Crippen molar-refractivity contribution in [1.29, 1.82) is 0 Å². The number of pyridine rings is 1. The van der Waals surface area contributed by atoms with E-state index in [1.807, 2.05) is 18.0 Å². The summed E-state index contributed by atoms with van der Waals surface area (Å²) in [4.78, 5) is 14.0. The van der Waals surface area contributed by atoms with Gasteiger partial charge in [0.15, 0.2) is 11.6 Å². The van der Waals surface area contributed by atoms with Crippen LogP contribution < -0.4 is 16.0 Å². The molecule has 0 saturated heterocycles. The van der Waals surface area contributed by atoms with Crippen LogP contribution in [-0.4, -0.2) is 51.0 Å². The molecule has 0 bridgehead atoms. The third-order valence-corrected chi connectivity index (χ3v) is 7.81. The average Bonchev–Trinajstić information content (AvgIpc) is 3.22. The van der Waals surface area contributed by atoms with Gasteiger partial charge in [0.2, 0.25) is 5.91 Å². The van der Waals surface area contributed by atoms with Crippen molar-refractivity contribution in [2.75, 3.05) is 17.3 Å². The molecule has 2 fully saturated rings. The van der Waals surface area contributed by atoms with Gasteiger partial charge in [0.1, 0.15) is 11.9 Å². The van der Waals surface area contributed by atoms with Gasteiger partial charge in [-0.1, -0.05) is 11.6 Å². The van der Waals surface area contributed by atoms with Crippen molar-refractivity contribution in [3.63, 3.8) is 0 Å². The Morgan fingerprint density at radius 1 is 1.31 bits per heavy atom. The minimum absolute atomic E-state index is 0.0124. The molecule has 2 atom stereocenters. The van der Waals surface area contributed by atoms with E-state index in [4.69, 9.17) is 17.3 Å².